The SMILES string of the molecule is Cc1cccc(C=O)c1OCc1ccn(C)n1. The Bertz CT molecular complexity index is 532. The van der Waals surface area contributed by atoms with Gasteiger partial charge in [0, 0.05) is 13.2 Å². The average molecular weight is 230 g/mol. The van der Waals surface area contributed by atoms with E-state index in [9.17, 15) is 4.79 Å². The molecule has 1 aromatic heterocycles. The van der Waals surface area contributed by atoms with Crippen molar-refractivity contribution < 1.29 is 9.53 Å². The van der Waals surface area contributed by atoms with Gasteiger partial charge in [0.15, 0.2) is 6.29 Å². The van der Waals surface area contributed by atoms with Crippen LogP contribution < -0.4 is 4.74 Å². The molecule has 1 heterocycles. The molecule has 0 aliphatic carbocycles. The quantitative estimate of drug-likeness (QED) is 0.756. The van der Waals surface area contributed by atoms with Crippen molar-refractivity contribution >= 4 is 6.29 Å². The van der Waals surface area contributed by atoms with Gasteiger partial charge < -0.3 is 4.74 Å². The Balaban J connectivity index is 2.16. The molecule has 0 saturated carbocycles. The van der Waals surface area contributed by atoms with Gasteiger partial charge in [0.1, 0.15) is 12.4 Å². The Hall–Kier alpha value is -2.10. The first-order chi connectivity index (χ1) is 8.20. The maximum absolute atomic E-state index is 10.9. The van der Waals surface area contributed by atoms with Gasteiger partial charge in [0.05, 0.1) is 11.3 Å². The number of aromatic nitrogens is 2. The Morgan fingerprint density at radius 2 is 2.24 bits per heavy atom. The third kappa shape index (κ3) is 2.53. The number of hydrogen-bond acceptors (Lipinski definition) is 3. The fourth-order valence-corrected chi connectivity index (χ4v) is 1.65. The number of rotatable bonds is 4. The number of nitrogens with zero attached hydrogens (tertiary/aromatic N) is 2. The summed E-state index contributed by atoms with van der Waals surface area (Å²) in [6, 6.07) is 7.39. The molecule has 0 atom stereocenters. The number of para-hydroxylation sites is 1. The van der Waals surface area contributed by atoms with Crippen molar-refractivity contribution in [1.29, 1.82) is 0 Å². The molecule has 0 N–H and O–H groups in total. The Labute approximate surface area is 99.8 Å². The predicted molar refractivity (Wildman–Crippen MR) is 64.1 cm³/mol. The third-order valence-electron chi connectivity index (χ3n) is 2.50. The summed E-state index contributed by atoms with van der Waals surface area (Å²) >= 11 is 0. The van der Waals surface area contributed by atoms with E-state index in [1.54, 1.807) is 10.7 Å². The number of carbonyl (C=O) groups excluding carboxylic acids is 1. The lowest BCUT2D eigenvalue weighted by Crippen LogP contribution is -2.01. The molecule has 0 amide bonds. The van der Waals surface area contributed by atoms with Gasteiger partial charge in [-0.1, -0.05) is 12.1 Å². The van der Waals surface area contributed by atoms with Gasteiger partial charge in [-0.05, 0) is 24.6 Å². The van der Waals surface area contributed by atoms with Crippen LogP contribution in [0.4, 0.5) is 0 Å². The first-order valence-corrected chi connectivity index (χ1v) is 5.37. The molecule has 2 rings (SSSR count). The molecule has 0 aliphatic heterocycles. The van der Waals surface area contributed by atoms with Gasteiger partial charge >= 0.3 is 0 Å². The summed E-state index contributed by atoms with van der Waals surface area (Å²) < 4.78 is 7.37. The van der Waals surface area contributed by atoms with Crippen LogP contribution in [0.3, 0.4) is 0 Å². The first-order valence-electron chi connectivity index (χ1n) is 5.37. The number of aldehydes is 1. The summed E-state index contributed by atoms with van der Waals surface area (Å²) in [5, 5.41) is 4.21. The van der Waals surface area contributed by atoms with Crippen LogP contribution in [0.2, 0.25) is 0 Å². The third-order valence-corrected chi connectivity index (χ3v) is 2.50. The number of benzene rings is 1. The number of hydrogen-bond donors (Lipinski definition) is 0. The van der Waals surface area contributed by atoms with Gasteiger partial charge in [0.2, 0.25) is 0 Å². The molecule has 17 heavy (non-hydrogen) atoms. The van der Waals surface area contributed by atoms with Crippen molar-refractivity contribution in [2.24, 2.45) is 7.05 Å². The standard InChI is InChI=1S/C13H14N2O2/c1-10-4-3-5-11(8-16)13(10)17-9-12-6-7-15(2)14-12/h3-8H,9H2,1-2H3. The normalized spacial score (nSPS) is 10.2. The first kappa shape index (κ1) is 11.4. The van der Waals surface area contributed by atoms with E-state index in [1.165, 1.54) is 0 Å². The van der Waals surface area contributed by atoms with Crippen molar-refractivity contribution in [1.82, 2.24) is 9.78 Å². The Kier molecular flexibility index (Phi) is 3.23. The lowest BCUT2D eigenvalue weighted by molar-refractivity contribution is 0.111. The van der Waals surface area contributed by atoms with Crippen molar-refractivity contribution in [3.63, 3.8) is 0 Å². The second-order valence-electron chi connectivity index (χ2n) is 3.88. The molecule has 0 fully saturated rings. The fraction of sp³-hybridized carbons (Fsp3) is 0.231. The highest BCUT2D eigenvalue weighted by Gasteiger charge is 2.07. The minimum Gasteiger partial charge on any atom is -0.486 e. The summed E-state index contributed by atoms with van der Waals surface area (Å²) in [6.07, 6.45) is 2.66. The van der Waals surface area contributed by atoms with Crippen LogP contribution in [-0.4, -0.2) is 16.1 Å². The van der Waals surface area contributed by atoms with E-state index in [4.69, 9.17) is 4.74 Å². The molecule has 0 spiro atoms. The van der Waals surface area contributed by atoms with E-state index in [0.29, 0.717) is 17.9 Å². The summed E-state index contributed by atoms with van der Waals surface area (Å²) in [4.78, 5) is 10.9. The van der Waals surface area contributed by atoms with Crippen LogP contribution >= 0.6 is 0 Å². The Morgan fingerprint density at radius 3 is 2.88 bits per heavy atom. The van der Waals surface area contributed by atoms with E-state index in [-0.39, 0.29) is 0 Å². The molecule has 0 saturated heterocycles. The molecule has 1 aromatic carbocycles. The van der Waals surface area contributed by atoms with E-state index in [0.717, 1.165) is 17.5 Å². The van der Waals surface area contributed by atoms with Crippen LogP contribution in [0.5, 0.6) is 5.75 Å². The zero-order valence-electron chi connectivity index (χ0n) is 9.88. The van der Waals surface area contributed by atoms with Crippen LogP contribution in [0, 0.1) is 6.92 Å². The fourth-order valence-electron chi connectivity index (χ4n) is 1.65. The second-order valence-corrected chi connectivity index (χ2v) is 3.88. The lowest BCUT2D eigenvalue weighted by Gasteiger charge is -2.09. The predicted octanol–water partition coefficient (Wildman–Crippen LogP) is 2.12. The van der Waals surface area contributed by atoms with Crippen LogP contribution in [0.1, 0.15) is 21.6 Å². The minimum absolute atomic E-state index is 0.368. The molecule has 0 unspecified atom stereocenters. The van der Waals surface area contributed by atoms with Crippen molar-refractivity contribution in [2.45, 2.75) is 13.5 Å². The average Bonchev–Trinajstić information content (AvgIpc) is 2.73. The summed E-state index contributed by atoms with van der Waals surface area (Å²) in [5.74, 6) is 0.633. The van der Waals surface area contributed by atoms with Gasteiger partial charge in [-0.3, -0.25) is 9.48 Å². The maximum Gasteiger partial charge on any atom is 0.153 e. The largest absolute Gasteiger partial charge is 0.486 e. The van der Waals surface area contributed by atoms with Crippen LogP contribution in [0.15, 0.2) is 30.5 Å². The summed E-state index contributed by atoms with van der Waals surface area (Å²) in [6.45, 7) is 2.29. The molecule has 4 nitrogen and oxygen atoms in total. The summed E-state index contributed by atoms with van der Waals surface area (Å²) in [5.41, 5.74) is 2.36. The lowest BCUT2D eigenvalue weighted by atomic mass is 10.1. The van der Waals surface area contributed by atoms with Gasteiger partial charge in [-0.25, -0.2) is 0 Å². The highest BCUT2D eigenvalue weighted by molar-refractivity contribution is 5.80. The smallest absolute Gasteiger partial charge is 0.153 e. The number of ether oxygens (including phenoxy) is 1. The zero-order valence-corrected chi connectivity index (χ0v) is 9.88. The molecule has 0 radical (unpaired) electrons. The van der Waals surface area contributed by atoms with E-state index < -0.39 is 0 Å². The summed E-state index contributed by atoms with van der Waals surface area (Å²) in [7, 11) is 1.86. The highest BCUT2D eigenvalue weighted by atomic mass is 16.5. The van der Waals surface area contributed by atoms with E-state index in [2.05, 4.69) is 5.10 Å². The Morgan fingerprint density at radius 1 is 1.41 bits per heavy atom. The molecule has 0 aliphatic rings. The monoisotopic (exact) mass is 230 g/mol. The maximum atomic E-state index is 10.9. The van der Waals surface area contributed by atoms with E-state index in [1.807, 2.05) is 38.4 Å². The molecule has 88 valence electrons. The number of aryl methyl sites for hydroxylation is 2. The minimum atomic E-state index is 0.368. The van der Waals surface area contributed by atoms with Crippen LogP contribution in [0.25, 0.3) is 0 Å². The number of carbonyl (C=O) groups is 1. The van der Waals surface area contributed by atoms with Gasteiger partial charge in [-0.15, -0.1) is 0 Å². The molecular formula is C13H14N2O2. The zero-order chi connectivity index (χ0) is 12.3. The van der Waals surface area contributed by atoms with Crippen LogP contribution in [-0.2, 0) is 13.7 Å². The van der Waals surface area contributed by atoms with E-state index >= 15 is 0 Å². The molecule has 2 aromatic rings. The second kappa shape index (κ2) is 4.82. The van der Waals surface area contributed by atoms with Crippen molar-refractivity contribution in [3.8, 4) is 5.75 Å². The van der Waals surface area contributed by atoms with Crippen molar-refractivity contribution in [2.75, 3.05) is 0 Å². The molecular weight excluding hydrogens is 216 g/mol. The van der Waals surface area contributed by atoms with Gasteiger partial charge in [-0.2, -0.15) is 5.10 Å². The van der Waals surface area contributed by atoms with Crippen molar-refractivity contribution in [3.05, 3.63) is 47.3 Å². The highest BCUT2D eigenvalue weighted by Crippen LogP contribution is 2.22. The topological polar surface area (TPSA) is 44.1 Å². The molecule has 4 heteroatoms. The molecule has 0 bridgehead atoms. The van der Waals surface area contributed by atoms with Gasteiger partial charge in [0.25, 0.3) is 0 Å².